The molecular weight excluding hydrogens is 306 g/mol. The quantitative estimate of drug-likeness (QED) is 0.655. The van der Waals surface area contributed by atoms with E-state index in [2.05, 4.69) is 5.32 Å². The topological polar surface area (TPSA) is 64.6 Å². The predicted molar refractivity (Wildman–Crippen MR) is 91.5 cm³/mol. The molecule has 2 rings (SSSR count). The van der Waals surface area contributed by atoms with Crippen molar-refractivity contribution in [3.05, 3.63) is 71.4 Å². The molecule has 0 radical (unpaired) electrons. The van der Waals surface area contributed by atoms with Gasteiger partial charge in [-0.15, -0.1) is 0 Å². The molecular formula is C19H19NO4. The smallest absolute Gasteiger partial charge is 0.354 e. The van der Waals surface area contributed by atoms with Crippen LogP contribution in [0.4, 0.5) is 0 Å². The molecule has 2 aromatic carbocycles. The molecule has 0 spiro atoms. The molecule has 1 amide bonds. The van der Waals surface area contributed by atoms with Gasteiger partial charge in [0.2, 0.25) is 0 Å². The second-order valence-electron chi connectivity index (χ2n) is 4.84. The van der Waals surface area contributed by atoms with Gasteiger partial charge in [-0.1, -0.05) is 36.4 Å². The van der Waals surface area contributed by atoms with Crippen molar-refractivity contribution in [3.63, 3.8) is 0 Å². The van der Waals surface area contributed by atoms with Crippen LogP contribution in [0, 0.1) is 0 Å². The minimum Gasteiger partial charge on any atom is -0.493 e. The first-order chi connectivity index (χ1) is 11.7. The molecule has 0 unspecified atom stereocenters. The average molecular weight is 325 g/mol. The molecule has 0 atom stereocenters. The predicted octanol–water partition coefficient (Wildman–Crippen LogP) is 3.03. The van der Waals surface area contributed by atoms with Crippen LogP contribution in [0.2, 0.25) is 0 Å². The van der Waals surface area contributed by atoms with Crippen LogP contribution in [-0.4, -0.2) is 25.6 Å². The maximum Gasteiger partial charge on any atom is 0.354 e. The number of rotatable bonds is 6. The molecule has 2 aromatic rings. The van der Waals surface area contributed by atoms with Crippen molar-refractivity contribution in [1.82, 2.24) is 5.32 Å². The Morgan fingerprint density at radius 1 is 1.04 bits per heavy atom. The van der Waals surface area contributed by atoms with Crippen molar-refractivity contribution >= 4 is 18.0 Å². The average Bonchev–Trinajstić information content (AvgIpc) is 2.63. The Balaban J connectivity index is 2.32. The van der Waals surface area contributed by atoms with E-state index in [0.717, 1.165) is 0 Å². The number of hydrogen-bond acceptors (Lipinski definition) is 4. The van der Waals surface area contributed by atoms with E-state index in [0.29, 0.717) is 23.5 Å². The minimum absolute atomic E-state index is 0.0403. The maximum absolute atomic E-state index is 12.3. The lowest BCUT2D eigenvalue weighted by Crippen LogP contribution is -2.28. The van der Waals surface area contributed by atoms with Gasteiger partial charge >= 0.3 is 5.97 Å². The summed E-state index contributed by atoms with van der Waals surface area (Å²) in [6.07, 6.45) is 1.54. The number of esters is 1. The van der Waals surface area contributed by atoms with Crippen molar-refractivity contribution < 1.29 is 19.1 Å². The number of para-hydroxylation sites is 1. The van der Waals surface area contributed by atoms with Gasteiger partial charge in [-0.05, 0) is 31.2 Å². The first-order valence-corrected chi connectivity index (χ1v) is 7.54. The number of carbonyl (C=O) groups excluding carboxylic acids is 2. The molecule has 0 aliphatic carbocycles. The fourth-order valence-corrected chi connectivity index (χ4v) is 2.08. The zero-order valence-corrected chi connectivity index (χ0v) is 13.6. The fourth-order valence-electron chi connectivity index (χ4n) is 2.08. The summed E-state index contributed by atoms with van der Waals surface area (Å²) in [4.78, 5) is 24.3. The van der Waals surface area contributed by atoms with E-state index >= 15 is 0 Å². The second-order valence-corrected chi connectivity index (χ2v) is 4.84. The van der Waals surface area contributed by atoms with Crippen LogP contribution in [0.5, 0.6) is 5.75 Å². The highest BCUT2D eigenvalue weighted by Gasteiger charge is 2.15. The monoisotopic (exact) mass is 325 g/mol. The van der Waals surface area contributed by atoms with Crippen molar-refractivity contribution in [2.24, 2.45) is 0 Å². The third kappa shape index (κ3) is 4.46. The van der Waals surface area contributed by atoms with Crippen LogP contribution >= 0.6 is 0 Å². The molecule has 24 heavy (non-hydrogen) atoms. The van der Waals surface area contributed by atoms with Gasteiger partial charge in [0.25, 0.3) is 5.91 Å². The normalized spacial score (nSPS) is 10.8. The highest BCUT2D eigenvalue weighted by molar-refractivity contribution is 6.03. The van der Waals surface area contributed by atoms with E-state index in [1.54, 1.807) is 36.4 Å². The minimum atomic E-state index is -0.634. The molecule has 5 nitrogen and oxygen atoms in total. The van der Waals surface area contributed by atoms with Crippen LogP contribution in [0.1, 0.15) is 22.8 Å². The number of nitrogens with one attached hydrogen (secondary N) is 1. The van der Waals surface area contributed by atoms with Crippen LogP contribution in [0.25, 0.3) is 6.08 Å². The van der Waals surface area contributed by atoms with E-state index in [-0.39, 0.29) is 11.6 Å². The standard InChI is InChI=1S/C19H19NO4/c1-3-24-17-12-8-7-11-15(17)13-16(19(22)23-2)20-18(21)14-9-5-4-6-10-14/h4-13H,3H2,1-2H3,(H,20,21)/b16-13+. The number of methoxy groups -OCH3 is 1. The van der Waals surface area contributed by atoms with Crippen molar-refractivity contribution in [3.8, 4) is 5.75 Å². The third-order valence-electron chi connectivity index (χ3n) is 3.21. The summed E-state index contributed by atoms with van der Waals surface area (Å²) < 4.78 is 10.3. The van der Waals surface area contributed by atoms with Crippen LogP contribution in [-0.2, 0) is 9.53 Å². The zero-order valence-electron chi connectivity index (χ0n) is 13.6. The summed E-state index contributed by atoms with van der Waals surface area (Å²) in [5.74, 6) is -0.401. The van der Waals surface area contributed by atoms with E-state index in [4.69, 9.17) is 9.47 Å². The van der Waals surface area contributed by atoms with E-state index in [1.165, 1.54) is 13.2 Å². The van der Waals surface area contributed by atoms with Gasteiger partial charge in [0.15, 0.2) is 0 Å². The Morgan fingerprint density at radius 3 is 2.38 bits per heavy atom. The Hall–Kier alpha value is -3.08. The van der Waals surface area contributed by atoms with Gasteiger partial charge in [-0.3, -0.25) is 4.79 Å². The Labute approximate surface area is 140 Å². The lowest BCUT2D eigenvalue weighted by Gasteiger charge is -2.11. The number of amides is 1. The Kier molecular flexibility index (Phi) is 6.14. The van der Waals surface area contributed by atoms with Gasteiger partial charge < -0.3 is 14.8 Å². The molecule has 0 aromatic heterocycles. The highest BCUT2D eigenvalue weighted by atomic mass is 16.5. The summed E-state index contributed by atoms with van der Waals surface area (Å²) >= 11 is 0. The molecule has 0 fully saturated rings. The molecule has 0 aliphatic heterocycles. The van der Waals surface area contributed by atoms with Gasteiger partial charge in [-0.2, -0.15) is 0 Å². The zero-order chi connectivity index (χ0) is 17.4. The summed E-state index contributed by atoms with van der Waals surface area (Å²) in [5.41, 5.74) is 1.16. The maximum atomic E-state index is 12.3. The van der Waals surface area contributed by atoms with Crippen molar-refractivity contribution in [1.29, 1.82) is 0 Å². The highest BCUT2D eigenvalue weighted by Crippen LogP contribution is 2.21. The summed E-state index contributed by atoms with van der Waals surface area (Å²) in [6.45, 7) is 2.37. The molecule has 5 heteroatoms. The summed E-state index contributed by atoms with van der Waals surface area (Å²) in [5, 5.41) is 2.59. The van der Waals surface area contributed by atoms with Crippen LogP contribution < -0.4 is 10.1 Å². The summed E-state index contributed by atoms with van der Waals surface area (Å²) in [6, 6.07) is 15.9. The van der Waals surface area contributed by atoms with Crippen molar-refractivity contribution in [2.45, 2.75) is 6.92 Å². The molecule has 0 aliphatic rings. The van der Waals surface area contributed by atoms with E-state index in [9.17, 15) is 9.59 Å². The Bertz CT molecular complexity index is 738. The number of benzene rings is 2. The molecule has 124 valence electrons. The van der Waals surface area contributed by atoms with Gasteiger partial charge in [-0.25, -0.2) is 4.79 Å². The molecule has 0 saturated heterocycles. The van der Waals surface area contributed by atoms with E-state index < -0.39 is 5.97 Å². The number of carbonyl (C=O) groups is 2. The molecule has 0 bridgehead atoms. The molecule has 1 N–H and O–H groups in total. The molecule has 0 heterocycles. The SMILES string of the molecule is CCOc1ccccc1/C=C(/NC(=O)c1ccccc1)C(=O)OC. The first-order valence-electron chi connectivity index (χ1n) is 7.54. The second kappa shape index (κ2) is 8.53. The first kappa shape index (κ1) is 17.3. The van der Waals surface area contributed by atoms with Crippen LogP contribution in [0.15, 0.2) is 60.3 Å². The number of ether oxygens (including phenoxy) is 2. The lowest BCUT2D eigenvalue weighted by molar-refractivity contribution is -0.136. The van der Waals surface area contributed by atoms with Crippen molar-refractivity contribution in [2.75, 3.05) is 13.7 Å². The summed E-state index contributed by atoms with van der Waals surface area (Å²) in [7, 11) is 1.26. The lowest BCUT2D eigenvalue weighted by atomic mass is 10.1. The number of hydrogen-bond donors (Lipinski definition) is 1. The third-order valence-corrected chi connectivity index (χ3v) is 3.21. The fraction of sp³-hybridized carbons (Fsp3) is 0.158. The molecule has 0 saturated carbocycles. The Morgan fingerprint density at radius 2 is 1.71 bits per heavy atom. The van der Waals surface area contributed by atoms with E-state index in [1.807, 2.05) is 25.1 Å². The largest absolute Gasteiger partial charge is 0.493 e. The van der Waals surface area contributed by atoms with Gasteiger partial charge in [0, 0.05) is 11.1 Å². The van der Waals surface area contributed by atoms with Crippen LogP contribution in [0.3, 0.4) is 0 Å². The van der Waals surface area contributed by atoms with Gasteiger partial charge in [0.1, 0.15) is 11.4 Å². The van der Waals surface area contributed by atoms with Gasteiger partial charge in [0.05, 0.1) is 13.7 Å².